The Hall–Kier alpha value is -0.980. The molecule has 0 saturated carbocycles. The Bertz CT molecular complexity index is 263. The van der Waals surface area contributed by atoms with Gasteiger partial charge in [-0.05, 0) is 17.9 Å². The lowest BCUT2D eigenvalue weighted by Crippen LogP contribution is -2.15. The SMILES string of the molecule is CCC(C)(C)c1ccccc1[O]. The molecule has 0 aliphatic rings. The van der Waals surface area contributed by atoms with E-state index in [2.05, 4.69) is 20.8 Å². The highest BCUT2D eigenvalue weighted by atomic mass is 16.3. The van der Waals surface area contributed by atoms with Gasteiger partial charge in [0.25, 0.3) is 0 Å². The monoisotopic (exact) mass is 163 g/mol. The first-order valence-corrected chi connectivity index (χ1v) is 4.34. The van der Waals surface area contributed by atoms with Gasteiger partial charge < -0.3 is 0 Å². The predicted octanol–water partition coefficient (Wildman–Crippen LogP) is 3.52. The minimum absolute atomic E-state index is 0.0122. The van der Waals surface area contributed by atoms with Gasteiger partial charge in [0, 0.05) is 5.56 Å². The van der Waals surface area contributed by atoms with E-state index in [1.807, 2.05) is 12.1 Å². The van der Waals surface area contributed by atoms with Crippen molar-refractivity contribution in [3.63, 3.8) is 0 Å². The first kappa shape index (κ1) is 9.11. The summed E-state index contributed by atoms with van der Waals surface area (Å²) in [7, 11) is 0. The maximum absolute atomic E-state index is 11.4. The molecule has 0 unspecified atom stereocenters. The molecule has 0 aliphatic carbocycles. The molecule has 1 heteroatoms. The first-order valence-electron chi connectivity index (χ1n) is 4.34. The third-order valence-electron chi connectivity index (χ3n) is 2.50. The van der Waals surface area contributed by atoms with Gasteiger partial charge in [0.1, 0.15) is 0 Å². The summed E-state index contributed by atoms with van der Waals surface area (Å²) in [6.45, 7) is 6.31. The molecule has 0 heterocycles. The van der Waals surface area contributed by atoms with Gasteiger partial charge >= 0.3 is 0 Å². The predicted molar refractivity (Wildman–Crippen MR) is 49.9 cm³/mol. The van der Waals surface area contributed by atoms with Crippen LogP contribution in [0.3, 0.4) is 0 Å². The van der Waals surface area contributed by atoms with Crippen molar-refractivity contribution in [2.75, 3.05) is 0 Å². The van der Waals surface area contributed by atoms with Crippen molar-refractivity contribution < 1.29 is 5.11 Å². The summed E-state index contributed by atoms with van der Waals surface area (Å²) in [6, 6.07) is 7.27. The zero-order chi connectivity index (χ0) is 9.19. The molecule has 0 fully saturated rings. The Morgan fingerprint density at radius 2 is 1.83 bits per heavy atom. The third-order valence-corrected chi connectivity index (χ3v) is 2.50. The van der Waals surface area contributed by atoms with E-state index in [0.29, 0.717) is 0 Å². The Kier molecular flexibility index (Phi) is 2.41. The zero-order valence-corrected chi connectivity index (χ0v) is 7.92. The van der Waals surface area contributed by atoms with Gasteiger partial charge in [-0.25, -0.2) is 0 Å². The van der Waals surface area contributed by atoms with Crippen LogP contribution in [0.5, 0.6) is 5.75 Å². The highest BCUT2D eigenvalue weighted by molar-refractivity contribution is 5.37. The fourth-order valence-corrected chi connectivity index (χ4v) is 1.22. The average Bonchev–Trinajstić information content (AvgIpc) is 2.05. The Morgan fingerprint density at radius 3 is 2.33 bits per heavy atom. The van der Waals surface area contributed by atoms with Crippen molar-refractivity contribution in [2.45, 2.75) is 32.6 Å². The van der Waals surface area contributed by atoms with E-state index >= 15 is 0 Å². The largest absolute Gasteiger partial charge is 0.290 e. The van der Waals surface area contributed by atoms with E-state index in [1.54, 1.807) is 12.1 Å². The number of para-hydroxylation sites is 1. The fraction of sp³-hybridized carbons (Fsp3) is 0.455. The Labute approximate surface area is 74.1 Å². The van der Waals surface area contributed by atoms with Crippen LogP contribution >= 0.6 is 0 Å². The number of hydrogen-bond donors (Lipinski definition) is 0. The maximum atomic E-state index is 11.4. The second-order valence-electron chi connectivity index (χ2n) is 3.73. The minimum Gasteiger partial charge on any atom is -0.290 e. The standard InChI is InChI=1S/C11H15O/c1-4-11(2,3)9-7-5-6-8-10(9)12/h5-8H,4H2,1-3H3. The summed E-state index contributed by atoms with van der Waals surface area (Å²) in [4.78, 5) is 0. The van der Waals surface area contributed by atoms with Crippen LogP contribution in [0.25, 0.3) is 0 Å². The second-order valence-corrected chi connectivity index (χ2v) is 3.73. The van der Waals surface area contributed by atoms with E-state index in [-0.39, 0.29) is 11.2 Å². The molecule has 0 N–H and O–H groups in total. The summed E-state index contributed by atoms with van der Waals surface area (Å²) in [6.07, 6.45) is 0.992. The van der Waals surface area contributed by atoms with Gasteiger partial charge in [-0.1, -0.05) is 39.0 Å². The van der Waals surface area contributed by atoms with Gasteiger partial charge in [0.15, 0.2) is 5.75 Å². The van der Waals surface area contributed by atoms with Crippen LogP contribution in [0.1, 0.15) is 32.8 Å². The summed E-state index contributed by atoms with van der Waals surface area (Å²) >= 11 is 0. The van der Waals surface area contributed by atoms with Crippen molar-refractivity contribution in [2.24, 2.45) is 0 Å². The van der Waals surface area contributed by atoms with Crippen LogP contribution in [0.2, 0.25) is 0 Å². The van der Waals surface area contributed by atoms with E-state index < -0.39 is 0 Å². The molecule has 1 rings (SSSR count). The first-order chi connectivity index (χ1) is 5.58. The van der Waals surface area contributed by atoms with Crippen LogP contribution < -0.4 is 0 Å². The highest BCUT2D eigenvalue weighted by Crippen LogP contribution is 2.33. The van der Waals surface area contributed by atoms with Crippen LogP contribution in [0, 0.1) is 0 Å². The lowest BCUT2D eigenvalue weighted by Gasteiger charge is -2.22. The maximum Gasteiger partial charge on any atom is 0.182 e. The third kappa shape index (κ3) is 1.60. The van der Waals surface area contributed by atoms with E-state index in [9.17, 15) is 5.11 Å². The van der Waals surface area contributed by atoms with Gasteiger partial charge in [-0.15, -0.1) is 0 Å². The van der Waals surface area contributed by atoms with Crippen molar-refractivity contribution in [3.05, 3.63) is 29.8 Å². The van der Waals surface area contributed by atoms with Gasteiger partial charge in [0.2, 0.25) is 0 Å². The molecule has 65 valence electrons. The van der Waals surface area contributed by atoms with Crippen LogP contribution in [0.15, 0.2) is 24.3 Å². The van der Waals surface area contributed by atoms with Gasteiger partial charge in [-0.3, -0.25) is 5.11 Å². The number of hydrogen-bond acceptors (Lipinski definition) is 0. The normalized spacial score (nSPS) is 11.6. The Morgan fingerprint density at radius 1 is 1.25 bits per heavy atom. The van der Waals surface area contributed by atoms with E-state index in [0.717, 1.165) is 12.0 Å². The number of benzene rings is 1. The van der Waals surface area contributed by atoms with Crippen molar-refractivity contribution in [3.8, 4) is 5.75 Å². The molecule has 12 heavy (non-hydrogen) atoms. The van der Waals surface area contributed by atoms with E-state index in [4.69, 9.17) is 0 Å². The summed E-state index contributed by atoms with van der Waals surface area (Å²) in [5.41, 5.74) is 0.936. The molecule has 1 aromatic rings. The Balaban J connectivity index is 3.10. The van der Waals surface area contributed by atoms with Gasteiger partial charge in [0.05, 0.1) is 0 Å². The second kappa shape index (κ2) is 3.18. The lowest BCUT2D eigenvalue weighted by molar-refractivity contribution is 0.336. The number of rotatable bonds is 2. The zero-order valence-electron chi connectivity index (χ0n) is 7.92. The summed E-state index contributed by atoms with van der Waals surface area (Å²) in [5.74, 6) is 0.157. The molecule has 0 aromatic heterocycles. The molecular formula is C11H15O. The summed E-state index contributed by atoms with van der Waals surface area (Å²) < 4.78 is 0. The molecule has 0 bridgehead atoms. The van der Waals surface area contributed by atoms with Crippen LogP contribution in [-0.2, 0) is 10.5 Å². The van der Waals surface area contributed by atoms with Crippen molar-refractivity contribution in [1.82, 2.24) is 0 Å². The molecule has 0 aliphatic heterocycles. The van der Waals surface area contributed by atoms with Crippen molar-refractivity contribution in [1.29, 1.82) is 0 Å². The topological polar surface area (TPSA) is 19.9 Å². The van der Waals surface area contributed by atoms with Crippen LogP contribution in [0.4, 0.5) is 0 Å². The molecule has 1 nitrogen and oxygen atoms in total. The van der Waals surface area contributed by atoms with E-state index in [1.165, 1.54) is 0 Å². The van der Waals surface area contributed by atoms with Gasteiger partial charge in [-0.2, -0.15) is 0 Å². The summed E-state index contributed by atoms with van der Waals surface area (Å²) in [5, 5.41) is 11.4. The molecule has 0 amide bonds. The van der Waals surface area contributed by atoms with Crippen molar-refractivity contribution >= 4 is 0 Å². The molecule has 0 spiro atoms. The quantitative estimate of drug-likeness (QED) is 0.635. The molecule has 1 aromatic carbocycles. The molecule has 0 saturated heterocycles. The molecular weight excluding hydrogens is 148 g/mol. The van der Waals surface area contributed by atoms with Crippen LogP contribution in [-0.4, -0.2) is 0 Å². The molecule has 1 radical (unpaired) electrons. The molecule has 0 atom stereocenters. The smallest absolute Gasteiger partial charge is 0.182 e. The fourth-order valence-electron chi connectivity index (χ4n) is 1.22. The minimum atomic E-state index is 0.0122. The lowest BCUT2D eigenvalue weighted by atomic mass is 9.82. The average molecular weight is 163 g/mol. The highest BCUT2D eigenvalue weighted by Gasteiger charge is 2.21.